The zero-order valence-electron chi connectivity index (χ0n) is 28.4. The van der Waals surface area contributed by atoms with Crippen LogP contribution in [0.1, 0.15) is 46.9 Å². The predicted octanol–water partition coefficient (Wildman–Crippen LogP) is 5.39. The second-order valence-corrected chi connectivity index (χ2v) is 13.1. The number of pyridine rings is 2. The molecule has 2 fully saturated rings. The van der Waals surface area contributed by atoms with Gasteiger partial charge >= 0.3 is 6.18 Å². The lowest BCUT2D eigenvalue weighted by atomic mass is 9.99. The van der Waals surface area contributed by atoms with Crippen molar-refractivity contribution in [3.63, 3.8) is 0 Å². The number of fused-ring (bicyclic) bond motifs is 1. The molecule has 2 amide bonds. The van der Waals surface area contributed by atoms with E-state index in [2.05, 4.69) is 20.5 Å². The van der Waals surface area contributed by atoms with Crippen LogP contribution in [0.4, 0.5) is 24.5 Å². The van der Waals surface area contributed by atoms with Crippen LogP contribution in [0.15, 0.2) is 59.5 Å². The number of carbonyl (C=O) groups is 2. The van der Waals surface area contributed by atoms with Crippen LogP contribution in [0.5, 0.6) is 0 Å². The molecule has 0 spiro atoms. The van der Waals surface area contributed by atoms with Crippen LogP contribution >= 0.6 is 0 Å². The van der Waals surface area contributed by atoms with E-state index in [1.165, 1.54) is 13.0 Å². The average molecular weight is 691 g/mol. The first kappa shape index (κ1) is 35.1. The number of ether oxygens (including phenoxy) is 1. The monoisotopic (exact) mass is 690 g/mol. The number of carbonyl (C=O) groups excluding carboxylic acids is 2. The van der Waals surface area contributed by atoms with Crippen molar-refractivity contribution in [1.29, 1.82) is 0 Å². The highest BCUT2D eigenvalue weighted by atomic mass is 19.4. The van der Waals surface area contributed by atoms with Gasteiger partial charge in [0, 0.05) is 92.0 Å². The second-order valence-electron chi connectivity index (χ2n) is 13.1. The van der Waals surface area contributed by atoms with E-state index in [0.29, 0.717) is 69.0 Å². The van der Waals surface area contributed by atoms with Crippen LogP contribution in [0.3, 0.4) is 0 Å². The molecule has 13 heteroatoms. The number of benzene rings is 2. The molecular weight excluding hydrogens is 649 g/mol. The molecule has 0 bridgehead atoms. The minimum Gasteiger partial charge on any atom is -0.379 e. The lowest BCUT2D eigenvalue weighted by Crippen LogP contribution is -2.44. The Balaban J connectivity index is 1.30. The van der Waals surface area contributed by atoms with Gasteiger partial charge in [0.2, 0.25) is 5.91 Å². The van der Waals surface area contributed by atoms with Gasteiger partial charge in [0.25, 0.3) is 11.5 Å². The van der Waals surface area contributed by atoms with Gasteiger partial charge in [-0.25, -0.2) is 0 Å². The summed E-state index contributed by atoms with van der Waals surface area (Å²) in [6, 6.07) is 12.1. The minimum atomic E-state index is -4.66. The summed E-state index contributed by atoms with van der Waals surface area (Å²) in [6.45, 7) is 10.1. The SMILES string of the molecule is CC(=O)NC1CCN(c2cc(C(=O)Nc3ccc(C)c(-c4cc5cnc(C)cc5n(CCN5CCOCC5)c4=O)c3)cc(C(F)(F)F)c2)CC1. The smallest absolute Gasteiger partial charge is 0.379 e. The Morgan fingerprint density at radius 3 is 2.38 bits per heavy atom. The number of hydrogen-bond acceptors (Lipinski definition) is 7. The van der Waals surface area contributed by atoms with Gasteiger partial charge in [-0.3, -0.25) is 24.3 Å². The van der Waals surface area contributed by atoms with Crippen LogP contribution in [0.2, 0.25) is 0 Å². The zero-order valence-corrected chi connectivity index (χ0v) is 28.4. The number of alkyl halides is 3. The van der Waals surface area contributed by atoms with Crippen LogP contribution < -0.4 is 21.1 Å². The highest BCUT2D eigenvalue weighted by Gasteiger charge is 2.33. The van der Waals surface area contributed by atoms with E-state index in [0.717, 1.165) is 47.4 Å². The highest BCUT2D eigenvalue weighted by Crippen LogP contribution is 2.34. The summed E-state index contributed by atoms with van der Waals surface area (Å²) in [6.07, 6.45) is -1.78. The van der Waals surface area contributed by atoms with E-state index < -0.39 is 17.6 Å². The van der Waals surface area contributed by atoms with Gasteiger partial charge in [0.05, 0.1) is 24.3 Å². The number of aromatic nitrogens is 2. The number of morpholine rings is 1. The number of amides is 2. The summed E-state index contributed by atoms with van der Waals surface area (Å²) in [5.74, 6) is -0.857. The van der Waals surface area contributed by atoms with Gasteiger partial charge in [0.1, 0.15) is 0 Å². The maximum Gasteiger partial charge on any atom is 0.416 e. The number of anilines is 2. The third-order valence-electron chi connectivity index (χ3n) is 9.42. The van der Waals surface area contributed by atoms with Gasteiger partial charge in [0.15, 0.2) is 0 Å². The molecule has 0 unspecified atom stereocenters. The molecule has 4 heterocycles. The molecule has 0 aliphatic carbocycles. The number of nitrogens with one attached hydrogen (secondary N) is 2. The molecule has 0 radical (unpaired) electrons. The maximum atomic E-state index is 14.1. The molecule has 0 saturated carbocycles. The summed E-state index contributed by atoms with van der Waals surface area (Å²) in [7, 11) is 0. The zero-order chi connectivity index (χ0) is 35.6. The minimum absolute atomic E-state index is 0.0510. The second kappa shape index (κ2) is 14.6. The summed E-state index contributed by atoms with van der Waals surface area (Å²) in [5, 5.41) is 6.42. The quantitative estimate of drug-likeness (QED) is 0.255. The van der Waals surface area contributed by atoms with Crippen molar-refractivity contribution in [2.75, 3.05) is 56.2 Å². The fraction of sp³-hybridized carbons (Fsp3) is 0.405. The largest absolute Gasteiger partial charge is 0.416 e. The van der Waals surface area contributed by atoms with Gasteiger partial charge < -0.3 is 24.8 Å². The lowest BCUT2D eigenvalue weighted by Gasteiger charge is -2.34. The predicted molar refractivity (Wildman–Crippen MR) is 187 cm³/mol. The Morgan fingerprint density at radius 1 is 0.940 bits per heavy atom. The normalized spacial score (nSPS) is 16.1. The van der Waals surface area contributed by atoms with Crippen LogP contribution in [-0.2, 0) is 22.3 Å². The topological polar surface area (TPSA) is 109 Å². The van der Waals surface area contributed by atoms with Crippen molar-refractivity contribution in [1.82, 2.24) is 19.8 Å². The third kappa shape index (κ3) is 8.00. The molecule has 2 aromatic heterocycles. The van der Waals surface area contributed by atoms with Gasteiger partial charge in [-0.15, -0.1) is 0 Å². The molecular formula is C37H41F3N6O4. The number of nitrogens with zero attached hydrogens (tertiary/aromatic N) is 4. The lowest BCUT2D eigenvalue weighted by molar-refractivity contribution is -0.137. The molecule has 0 atom stereocenters. The highest BCUT2D eigenvalue weighted by molar-refractivity contribution is 6.05. The number of halogens is 3. The van der Waals surface area contributed by atoms with Crippen molar-refractivity contribution in [3.05, 3.63) is 87.5 Å². The number of hydrogen-bond donors (Lipinski definition) is 2. The molecule has 4 aromatic rings. The Labute approximate surface area is 288 Å². The van der Waals surface area contributed by atoms with Crippen molar-refractivity contribution in [2.24, 2.45) is 0 Å². The molecule has 50 heavy (non-hydrogen) atoms. The van der Waals surface area contributed by atoms with Crippen molar-refractivity contribution in [3.8, 4) is 11.1 Å². The summed E-state index contributed by atoms with van der Waals surface area (Å²) in [4.78, 5) is 47.7. The van der Waals surface area contributed by atoms with Crippen LogP contribution in [-0.4, -0.2) is 78.2 Å². The van der Waals surface area contributed by atoms with Crippen molar-refractivity contribution < 1.29 is 27.5 Å². The molecule has 10 nitrogen and oxygen atoms in total. The van der Waals surface area contributed by atoms with Crippen molar-refractivity contribution in [2.45, 2.75) is 52.4 Å². The van der Waals surface area contributed by atoms with E-state index in [9.17, 15) is 27.6 Å². The number of piperidine rings is 1. The fourth-order valence-corrected chi connectivity index (χ4v) is 6.71. The summed E-state index contributed by atoms with van der Waals surface area (Å²) >= 11 is 0. The van der Waals surface area contributed by atoms with Gasteiger partial charge in [-0.1, -0.05) is 6.07 Å². The fourth-order valence-electron chi connectivity index (χ4n) is 6.71. The summed E-state index contributed by atoms with van der Waals surface area (Å²) < 4.78 is 49.3. The molecule has 2 aromatic carbocycles. The molecule has 2 saturated heterocycles. The van der Waals surface area contributed by atoms with Gasteiger partial charge in [-0.05, 0) is 80.3 Å². The van der Waals surface area contributed by atoms with Crippen LogP contribution in [0.25, 0.3) is 22.0 Å². The van der Waals surface area contributed by atoms with E-state index in [4.69, 9.17) is 4.74 Å². The number of aryl methyl sites for hydroxylation is 2. The molecule has 6 rings (SSSR count). The maximum absolute atomic E-state index is 14.1. The van der Waals surface area contributed by atoms with Crippen LogP contribution in [0, 0.1) is 13.8 Å². The Bertz CT molecular complexity index is 1960. The number of rotatable bonds is 8. The molecule has 2 aliphatic rings. The molecule has 264 valence electrons. The first-order valence-electron chi connectivity index (χ1n) is 16.8. The van der Waals surface area contributed by atoms with E-state index >= 15 is 0 Å². The average Bonchev–Trinajstić information content (AvgIpc) is 3.08. The van der Waals surface area contributed by atoms with Crippen molar-refractivity contribution >= 4 is 34.1 Å². The van der Waals surface area contributed by atoms with E-state index in [-0.39, 0.29) is 28.8 Å². The molecule has 2 N–H and O–H groups in total. The first-order chi connectivity index (χ1) is 23.9. The van der Waals surface area contributed by atoms with E-state index in [1.54, 1.807) is 39.9 Å². The molecule has 2 aliphatic heterocycles. The van der Waals surface area contributed by atoms with Gasteiger partial charge in [-0.2, -0.15) is 13.2 Å². The summed E-state index contributed by atoms with van der Waals surface area (Å²) in [5.41, 5.74) is 2.77. The Hall–Kier alpha value is -4.75. The third-order valence-corrected chi connectivity index (χ3v) is 9.42. The Kier molecular flexibility index (Phi) is 10.3. The standard InChI is InChI=1S/C37H41F3N6O4/c1-23-4-5-30(43-35(48)26-17-28(37(38,39)40)20-31(18-26)45-8-6-29(7-9-45)42-25(3)47)21-32(23)33-19-27-22-41-24(2)16-34(27)46(36(33)49)11-10-44-12-14-50-15-13-44/h4-5,16-22,29H,6-15H2,1-3H3,(H,42,47)(H,43,48). The Morgan fingerprint density at radius 2 is 1.68 bits per heavy atom. The van der Waals surface area contributed by atoms with E-state index in [1.807, 2.05) is 19.9 Å². The first-order valence-corrected chi connectivity index (χ1v) is 16.8.